The maximum Gasteiger partial charge on any atom is 0.244 e. The zero-order chi connectivity index (χ0) is 17.1. The first kappa shape index (κ1) is 18.5. The fourth-order valence-electron chi connectivity index (χ4n) is 1.86. The molecule has 0 aliphatic rings. The Morgan fingerprint density at radius 2 is 1.91 bits per heavy atom. The molecule has 0 saturated heterocycles. The zero-order valence-corrected chi connectivity index (χ0v) is 13.8. The summed E-state index contributed by atoms with van der Waals surface area (Å²) in [6, 6.07) is 5.48. The first-order valence-corrected chi connectivity index (χ1v) is 7.58. The Labute approximate surface area is 136 Å². The molecule has 6 heteroatoms. The second kappa shape index (κ2) is 10.3. The smallest absolute Gasteiger partial charge is 0.244 e. The summed E-state index contributed by atoms with van der Waals surface area (Å²) in [4.78, 5) is 22.4. The molecule has 0 saturated carbocycles. The first-order chi connectivity index (χ1) is 11.1. The van der Waals surface area contributed by atoms with Crippen LogP contribution in [0.15, 0.2) is 24.3 Å². The van der Waals surface area contributed by atoms with Crippen molar-refractivity contribution in [1.82, 2.24) is 10.6 Å². The van der Waals surface area contributed by atoms with Crippen LogP contribution in [0.25, 0.3) is 6.08 Å². The fourth-order valence-corrected chi connectivity index (χ4v) is 1.86. The van der Waals surface area contributed by atoms with Crippen molar-refractivity contribution in [2.45, 2.75) is 20.3 Å². The predicted molar refractivity (Wildman–Crippen MR) is 89.5 cm³/mol. The number of nitrogens with one attached hydrogen (secondary N) is 2. The summed E-state index contributed by atoms with van der Waals surface area (Å²) in [6.45, 7) is 4.99. The Bertz CT molecular complexity index is 556. The highest BCUT2D eigenvalue weighted by molar-refractivity contribution is 5.91. The van der Waals surface area contributed by atoms with Gasteiger partial charge in [-0.3, -0.25) is 9.59 Å². The number of hydrogen-bond acceptors (Lipinski definition) is 4. The molecule has 0 heterocycles. The number of methoxy groups -OCH3 is 1. The number of ether oxygens (including phenoxy) is 2. The van der Waals surface area contributed by atoms with Gasteiger partial charge in [-0.25, -0.2) is 0 Å². The molecule has 0 radical (unpaired) electrons. The lowest BCUT2D eigenvalue weighted by Gasteiger charge is -2.09. The van der Waals surface area contributed by atoms with Gasteiger partial charge in [-0.15, -0.1) is 0 Å². The minimum Gasteiger partial charge on any atom is -0.493 e. The number of rotatable bonds is 9. The molecule has 1 rings (SSSR count). The molecule has 1 aromatic carbocycles. The molecule has 0 bridgehead atoms. The highest BCUT2D eigenvalue weighted by atomic mass is 16.5. The van der Waals surface area contributed by atoms with Crippen LogP contribution in [0.3, 0.4) is 0 Å². The number of carbonyl (C=O) groups is 2. The summed E-state index contributed by atoms with van der Waals surface area (Å²) >= 11 is 0. The maximum absolute atomic E-state index is 11.7. The molecular formula is C17H24N2O4. The van der Waals surface area contributed by atoms with E-state index in [0.29, 0.717) is 37.6 Å². The Kier molecular flexibility index (Phi) is 8.28. The number of carbonyl (C=O) groups excluding carboxylic acids is 2. The van der Waals surface area contributed by atoms with Crippen LogP contribution in [-0.2, 0) is 9.59 Å². The van der Waals surface area contributed by atoms with Gasteiger partial charge in [-0.1, -0.05) is 6.07 Å². The minimum atomic E-state index is -0.180. The van der Waals surface area contributed by atoms with E-state index in [1.165, 1.54) is 13.0 Å². The lowest BCUT2D eigenvalue weighted by atomic mass is 10.2. The van der Waals surface area contributed by atoms with E-state index in [9.17, 15) is 9.59 Å². The van der Waals surface area contributed by atoms with Crippen LogP contribution < -0.4 is 20.1 Å². The number of hydrogen-bond donors (Lipinski definition) is 2. The van der Waals surface area contributed by atoms with E-state index in [-0.39, 0.29) is 11.8 Å². The van der Waals surface area contributed by atoms with Gasteiger partial charge in [0.2, 0.25) is 11.8 Å². The van der Waals surface area contributed by atoms with E-state index >= 15 is 0 Å². The average Bonchev–Trinajstić information content (AvgIpc) is 2.53. The Hall–Kier alpha value is -2.50. The normalized spacial score (nSPS) is 10.4. The van der Waals surface area contributed by atoms with Crippen LogP contribution in [0.5, 0.6) is 11.5 Å². The monoisotopic (exact) mass is 320 g/mol. The summed E-state index contributed by atoms with van der Waals surface area (Å²) in [6.07, 6.45) is 3.87. The van der Waals surface area contributed by atoms with E-state index in [0.717, 1.165) is 5.56 Å². The third-order valence-electron chi connectivity index (χ3n) is 2.94. The molecule has 1 aromatic rings. The van der Waals surface area contributed by atoms with Crippen LogP contribution in [0.1, 0.15) is 25.8 Å². The van der Waals surface area contributed by atoms with Crippen molar-refractivity contribution < 1.29 is 19.1 Å². The molecular weight excluding hydrogens is 296 g/mol. The fraction of sp³-hybridized carbons (Fsp3) is 0.412. The molecule has 2 N–H and O–H groups in total. The second-order valence-electron chi connectivity index (χ2n) is 4.80. The van der Waals surface area contributed by atoms with Gasteiger partial charge in [-0.05, 0) is 37.1 Å². The molecule has 126 valence electrons. The average molecular weight is 320 g/mol. The lowest BCUT2D eigenvalue weighted by molar-refractivity contribution is -0.119. The van der Waals surface area contributed by atoms with Gasteiger partial charge >= 0.3 is 0 Å². The van der Waals surface area contributed by atoms with Gasteiger partial charge in [0.05, 0.1) is 13.7 Å². The molecule has 0 spiro atoms. The van der Waals surface area contributed by atoms with Crippen molar-refractivity contribution in [1.29, 1.82) is 0 Å². The van der Waals surface area contributed by atoms with Gasteiger partial charge in [0.25, 0.3) is 0 Å². The van der Waals surface area contributed by atoms with Crippen molar-refractivity contribution in [3.05, 3.63) is 29.8 Å². The van der Waals surface area contributed by atoms with E-state index in [1.807, 2.05) is 25.1 Å². The van der Waals surface area contributed by atoms with Crippen LogP contribution in [0, 0.1) is 0 Å². The Balaban J connectivity index is 2.46. The molecule has 2 amide bonds. The summed E-state index contributed by atoms with van der Waals surface area (Å²) < 4.78 is 10.7. The van der Waals surface area contributed by atoms with Crippen molar-refractivity contribution in [2.75, 3.05) is 26.8 Å². The molecule has 0 fully saturated rings. The number of benzene rings is 1. The van der Waals surface area contributed by atoms with Crippen molar-refractivity contribution in [3.63, 3.8) is 0 Å². The standard InChI is InChI=1S/C17H24N2O4/c1-4-23-15-8-6-14(12-16(15)22-3)7-9-17(21)19-11-5-10-18-13(2)20/h6-9,12H,4-5,10-11H2,1-3H3,(H,18,20)(H,19,21)/b9-7+. The van der Waals surface area contributed by atoms with E-state index in [2.05, 4.69) is 10.6 Å². The molecule has 0 atom stereocenters. The molecule has 0 unspecified atom stereocenters. The largest absolute Gasteiger partial charge is 0.493 e. The Morgan fingerprint density at radius 3 is 2.57 bits per heavy atom. The van der Waals surface area contributed by atoms with E-state index in [1.54, 1.807) is 13.2 Å². The van der Waals surface area contributed by atoms with Crippen molar-refractivity contribution >= 4 is 17.9 Å². The third-order valence-corrected chi connectivity index (χ3v) is 2.94. The molecule has 0 aromatic heterocycles. The van der Waals surface area contributed by atoms with E-state index < -0.39 is 0 Å². The third kappa shape index (κ3) is 7.35. The topological polar surface area (TPSA) is 76.7 Å². The maximum atomic E-state index is 11.7. The van der Waals surface area contributed by atoms with Gasteiger partial charge in [0.15, 0.2) is 11.5 Å². The summed E-state index contributed by atoms with van der Waals surface area (Å²) in [5, 5.41) is 5.43. The molecule has 6 nitrogen and oxygen atoms in total. The molecule has 0 aliphatic heterocycles. The zero-order valence-electron chi connectivity index (χ0n) is 13.8. The van der Waals surface area contributed by atoms with Crippen LogP contribution in [0.4, 0.5) is 0 Å². The van der Waals surface area contributed by atoms with Gasteiger partial charge in [0, 0.05) is 26.1 Å². The van der Waals surface area contributed by atoms with Gasteiger partial charge < -0.3 is 20.1 Å². The van der Waals surface area contributed by atoms with E-state index in [4.69, 9.17) is 9.47 Å². The van der Waals surface area contributed by atoms with Gasteiger partial charge in [0.1, 0.15) is 0 Å². The predicted octanol–water partition coefficient (Wildman–Crippen LogP) is 1.75. The number of amides is 2. The highest BCUT2D eigenvalue weighted by Gasteiger charge is 2.04. The summed E-state index contributed by atoms with van der Waals surface area (Å²) in [7, 11) is 1.58. The van der Waals surface area contributed by atoms with Crippen molar-refractivity contribution in [2.24, 2.45) is 0 Å². The van der Waals surface area contributed by atoms with Crippen molar-refractivity contribution in [3.8, 4) is 11.5 Å². The quantitative estimate of drug-likeness (QED) is 0.537. The lowest BCUT2D eigenvalue weighted by Crippen LogP contribution is -2.27. The Morgan fingerprint density at radius 1 is 1.17 bits per heavy atom. The minimum absolute atomic E-state index is 0.0688. The summed E-state index contributed by atoms with van der Waals surface area (Å²) in [5.41, 5.74) is 0.846. The SMILES string of the molecule is CCOc1ccc(/C=C/C(=O)NCCCNC(C)=O)cc1OC. The first-order valence-electron chi connectivity index (χ1n) is 7.58. The molecule has 23 heavy (non-hydrogen) atoms. The molecule has 0 aliphatic carbocycles. The van der Waals surface area contributed by atoms with Crippen LogP contribution in [0.2, 0.25) is 0 Å². The van der Waals surface area contributed by atoms with Gasteiger partial charge in [-0.2, -0.15) is 0 Å². The highest BCUT2D eigenvalue weighted by Crippen LogP contribution is 2.28. The summed E-state index contributed by atoms with van der Waals surface area (Å²) in [5.74, 6) is 1.06. The van der Waals surface area contributed by atoms with Crippen LogP contribution >= 0.6 is 0 Å². The van der Waals surface area contributed by atoms with Crippen LogP contribution in [-0.4, -0.2) is 38.6 Å². The second-order valence-corrected chi connectivity index (χ2v) is 4.80.